The number of amides is 1. The molecule has 3 heterocycles. The zero-order chi connectivity index (χ0) is 19.9. The highest BCUT2D eigenvalue weighted by Gasteiger charge is 2.30. The zero-order valence-electron chi connectivity index (χ0n) is 16.1. The lowest BCUT2D eigenvalue weighted by molar-refractivity contribution is 0.0198. The van der Waals surface area contributed by atoms with Gasteiger partial charge in [0.25, 0.3) is 5.95 Å². The van der Waals surface area contributed by atoms with Gasteiger partial charge in [-0.15, -0.1) is 0 Å². The maximum atomic E-state index is 12.2. The number of hydrogen-bond acceptors (Lipinski definition) is 6. The average molecular weight is 404 g/mol. The number of para-hydroxylation sites is 1. The summed E-state index contributed by atoms with van der Waals surface area (Å²) < 4.78 is 12.5. The summed E-state index contributed by atoms with van der Waals surface area (Å²) in [5.41, 5.74) is 0.322. The third-order valence-electron chi connectivity index (χ3n) is 4.66. The molecule has 1 fully saturated rings. The number of ether oxygens (including phenoxy) is 1. The largest absolute Gasteiger partial charge is 0.444 e. The van der Waals surface area contributed by atoms with Crippen molar-refractivity contribution in [3.8, 4) is 5.95 Å². The lowest BCUT2D eigenvalue weighted by Crippen LogP contribution is -2.41. The predicted octanol–water partition coefficient (Wildman–Crippen LogP) is 4.18. The number of fused-ring (bicyclic) bond motifs is 1. The van der Waals surface area contributed by atoms with E-state index in [0.29, 0.717) is 30.1 Å². The van der Waals surface area contributed by atoms with E-state index in [1.807, 2.05) is 45.0 Å². The molecule has 1 amide bonds. The van der Waals surface area contributed by atoms with E-state index >= 15 is 0 Å². The third kappa shape index (κ3) is 3.69. The first-order chi connectivity index (χ1) is 13.3. The van der Waals surface area contributed by atoms with Gasteiger partial charge in [-0.1, -0.05) is 23.7 Å². The number of likely N-dealkylation sites (tertiary alicyclic amines) is 1. The van der Waals surface area contributed by atoms with Crippen LogP contribution < -0.4 is 0 Å². The number of halogens is 1. The number of piperidine rings is 1. The Bertz CT molecular complexity index is 999. The fourth-order valence-corrected chi connectivity index (χ4v) is 3.53. The Balaban J connectivity index is 1.46. The van der Waals surface area contributed by atoms with Crippen molar-refractivity contribution in [1.82, 2.24) is 24.8 Å². The molecule has 0 bridgehead atoms. The van der Waals surface area contributed by atoms with E-state index < -0.39 is 5.60 Å². The van der Waals surface area contributed by atoms with Crippen LogP contribution in [0.4, 0.5) is 4.79 Å². The summed E-state index contributed by atoms with van der Waals surface area (Å²) in [7, 11) is 0. The number of rotatable bonds is 2. The van der Waals surface area contributed by atoms with Gasteiger partial charge in [-0.2, -0.15) is 14.8 Å². The summed E-state index contributed by atoms with van der Waals surface area (Å²) in [5, 5.41) is 9.62. The molecular weight excluding hydrogens is 382 g/mol. The molecule has 0 N–H and O–H groups in total. The molecule has 1 aliphatic heterocycles. The Morgan fingerprint density at radius 3 is 2.68 bits per heavy atom. The van der Waals surface area contributed by atoms with Crippen LogP contribution in [0.2, 0.25) is 5.15 Å². The summed E-state index contributed by atoms with van der Waals surface area (Å²) >= 11 is 6.21. The van der Waals surface area contributed by atoms with Crippen LogP contribution in [0, 0.1) is 0 Å². The molecule has 3 aromatic rings. The maximum Gasteiger partial charge on any atom is 0.410 e. The molecule has 28 heavy (non-hydrogen) atoms. The van der Waals surface area contributed by atoms with Gasteiger partial charge in [0.1, 0.15) is 5.60 Å². The molecule has 0 aliphatic carbocycles. The minimum atomic E-state index is -0.497. The molecule has 148 valence electrons. The maximum absolute atomic E-state index is 12.2. The van der Waals surface area contributed by atoms with Crippen molar-refractivity contribution in [2.24, 2.45) is 0 Å². The normalized spacial score (nSPS) is 15.9. The molecule has 8 nitrogen and oxygen atoms in total. The fraction of sp³-hybridized carbons (Fsp3) is 0.474. The van der Waals surface area contributed by atoms with Crippen molar-refractivity contribution in [2.75, 3.05) is 13.1 Å². The molecule has 0 saturated carbocycles. The monoisotopic (exact) mass is 403 g/mol. The molecular formula is C19H22ClN5O3. The zero-order valence-corrected chi connectivity index (χ0v) is 16.8. The number of carbonyl (C=O) groups excluding carboxylic acids is 1. The van der Waals surface area contributed by atoms with Crippen molar-refractivity contribution in [3.63, 3.8) is 0 Å². The highest BCUT2D eigenvalue weighted by molar-refractivity contribution is 6.34. The molecule has 1 saturated heterocycles. The Morgan fingerprint density at radius 2 is 1.96 bits per heavy atom. The van der Waals surface area contributed by atoms with E-state index in [1.165, 1.54) is 0 Å². The first-order valence-corrected chi connectivity index (χ1v) is 9.65. The number of carbonyl (C=O) groups is 1. The number of hydrogen-bond donors (Lipinski definition) is 0. The highest BCUT2D eigenvalue weighted by Crippen LogP contribution is 2.29. The van der Waals surface area contributed by atoms with Crippen molar-refractivity contribution < 1.29 is 14.1 Å². The molecule has 1 aliphatic rings. The van der Waals surface area contributed by atoms with Gasteiger partial charge < -0.3 is 14.2 Å². The van der Waals surface area contributed by atoms with Crippen LogP contribution in [0.15, 0.2) is 28.8 Å². The van der Waals surface area contributed by atoms with E-state index in [1.54, 1.807) is 9.58 Å². The van der Waals surface area contributed by atoms with E-state index in [4.69, 9.17) is 20.9 Å². The van der Waals surface area contributed by atoms with Crippen LogP contribution in [-0.4, -0.2) is 49.6 Å². The SMILES string of the molecule is CC(C)(C)OC(=O)N1CCC(c2nc(-n3nc(Cl)c4ccccc43)no2)CC1. The summed E-state index contributed by atoms with van der Waals surface area (Å²) in [6.07, 6.45) is 1.19. The van der Waals surface area contributed by atoms with Gasteiger partial charge in [0.05, 0.1) is 5.52 Å². The van der Waals surface area contributed by atoms with Crippen molar-refractivity contribution in [1.29, 1.82) is 0 Å². The third-order valence-corrected chi connectivity index (χ3v) is 4.94. The summed E-state index contributed by atoms with van der Waals surface area (Å²) in [5.74, 6) is 0.999. The van der Waals surface area contributed by atoms with Gasteiger partial charge in [-0.25, -0.2) is 4.79 Å². The van der Waals surface area contributed by atoms with Crippen LogP contribution in [0.25, 0.3) is 16.9 Å². The van der Waals surface area contributed by atoms with Crippen LogP contribution in [0.3, 0.4) is 0 Å². The average Bonchev–Trinajstić information content (AvgIpc) is 3.26. The van der Waals surface area contributed by atoms with Gasteiger partial charge in [-0.05, 0) is 50.9 Å². The first kappa shape index (κ1) is 18.7. The number of nitrogens with zero attached hydrogens (tertiary/aromatic N) is 5. The first-order valence-electron chi connectivity index (χ1n) is 9.27. The molecule has 2 aromatic heterocycles. The quantitative estimate of drug-likeness (QED) is 0.638. The molecule has 1 aromatic carbocycles. The lowest BCUT2D eigenvalue weighted by Gasteiger charge is -2.32. The van der Waals surface area contributed by atoms with Crippen molar-refractivity contribution >= 4 is 28.6 Å². The molecule has 0 radical (unpaired) electrons. The summed E-state index contributed by atoms with van der Waals surface area (Å²) in [4.78, 5) is 18.4. The lowest BCUT2D eigenvalue weighted by atomic mass is 9.97. The van der Waals surface area contributed by atoms with E-state index in [0.717, 1.165) is 23.7 Å². The molecule has 9 heteroatoms. The number of aromatic nitrogens is 4. The Kier molecular flexibility index (Phi) is 4.74. The topological polar surface area (TPSA) is 86.3 Å². The van der Waals surface area contributed by atoms with Gasteiger partial charge in [0.15, 0.2) is 5.15 Å². The van der Waals surface area contributed by atoms with E-state index in [2.05, 4.69) is 15.2 Å². The van der Waals surface area contributed by atoms with Gasteiger partial charge in [-0.3, -0.25) is 0 Å². The Morgan fingerprint density at radius 1 is 1.25 bits per heavy atom. The number of benzene rings is 1. The second-order valence-electron chi connectivity index (χ2n) is 7.89. The van der Waals surface area contributed by atoms with Crippen molar-refractivity contribution in [2.45, 2.75) is 45.1 Å². The smallest absolute Gasteiger partial charge is 0.410 e. The highest BCUT2D eigenvalue weighted by atomic mass is 35.5. The fourth-order valence-electron chi connectivity index (χ4n) is 3.30. The van der Waals surface area contributed by atoms with E-state index in [9.17, 15) is 4.79 Å². The molecule has 0 spiro atoms. The second kappa shape index (κ2) is 7.09. The van der Waals surface area contributed by atoms with Crippen LogP contribution in [-0.2, 0) is 4.74 Å². The van der Waals surface area contributed by atoms with Gasteiger partial charge in [0.2, 0.25) is 5.89 Å². The van der Waals surface area contributed by atoms with Crippen LogP contribution in [0.1, 0.15) is 45.4 Å². The van der Waals surface area contributed by atoms with Crippen LogP contribution >= 0.6 is 11.6 Å². The van der Waals surface area contributed by atoms with Crippen molar-refractivity contribution in [3.05, 3.63) is 35.3 Å². The minimum absolute atomic E-state index is 0.0947. The second-order valence-corrected chi connectivity index (χ2v) is 8.25. The molecule has 0 unspecified atom stereocenters. The van der Waals surface area contributed by atoms with Gasteiger partial charge in [0, 0.05) is 24.4 Å². The van der Waals surface area contributed by atoms with Crippen LogP contribution in [0.5, 0.6) is 0 Å². The Labute approximate surface area is 167 Å². The molecule has 0 atom stereocenters. The summed E-state index contributed by atoms with van der Waals surface area (Å²) in [6, 6.07) is 7.61. The Hall–Kier alpha value is -2.61. The predicted molar refractivity (Wildman–Crippen MR) is 104 cm³/mol. The van der Waals surface area contributed by atoms with E-state index in [-0.39, 0.29) is 12.0 Å². The molecule has 4 rings (SSSR count). The van der Waals surface area contributed by atoms with Gasteiger partial charge >= 0.3 is 6.09 Å². The minimum Gasteiger partial charge on any atom is -0.444 e. The standard InChI is InChI=1S/C19H22ClN5O3/c1-19(2,3)27-18(26)24-10-8-12(9-11-24)16-21-17(23-28-16)25-14-7-5-4-6-13(14)15(20)22-25/h4-7,12H,8-11H2,1-3H3. The summed E-state index contributed by atoms with van der Waals surface area (Å²) in [6.45, 7) is 6.77.